The smallest absolute Gasteiger partial charge is 0.264 e. The van der Waals surface area contributed by atoms with Gasteiger partial charge in [-0.15, -0.1) is 12.4 Å². The Kier molecular flexibility index (Phi) is 8.84. The first kappa shape index (κ1) is 32.7. The summed E-state index contributed by atoms with van der Waals surface area (Å²) in [5.74, 6) is 0.231. The number of benzene rings is 2. The van der Waals surface area contributed by atoms with Crippen LogP contribution in [-0.4, -0.2) is 71.9 Å². The fourth-order valence-corrected chi connectivity index (χ4v) is 9.17. The van der Waals surface area contributed by atoms with Crippen molar-refractivity contribution in [3.05, 3.63) is 65.2 Å². The van der Waals surface area contributed by atoms with Crippen molar-refractivity contribution in [2.24, 2.45) is 11.3 Å². The Morgan fingerprint density at radius 1 is 0.957 bits per heavy atom. The van der Waals surface area contributed by atoms with E-state index in [2.05, 4.69) is 33.4 Å². The second-order valence-electron chi connectivity index (χ2n) is 14.0. The zero-order valence-corrected chi connectivity index (χ0v) is 28.7. The van der Waals surface area contributed by atoms with Gasteiger partial charge in [0.05, 0.1) is 17.1 Å². The van der Waals surface area contributed by atoms with Crippen LogP contribution >= 0.6 is 12.4 Å². The number of anilines is 1. The number of halogens is 1. The number of nitrogens with zero attached hydrogens (tertiary/aromatic N) is 4. The van der Waals surface area contributed by atoms with Crippen LogP contribution in [0.1, 0.15) is 73.9 Å². The number of nitrogens with one attached hydrogen (secondary N) is 1. The fourth-order valence-electron chi connectivity index (χ4n) is 8.19. The third-order valence-corrected chi connectivity index (χ3v) is 11.9. The van der Waals surface area contributed by atoms with Crippen LogP contribution in [0.15, 0.2) is 53.4 Å². The van der Waals surface area contributed by atoms with E-state index in [0.29, 0.717) is 35.8 Å². The van der Waals surface area contributed by atoms with E-state index in [1.807, 2.05) is 36.9 Å². The Balaban J connectivity index is 0.00000372. The van der Waals surface area contributed by atoms with Gasteiger partial charge in [-0.2, -0.15) is 4.98 Å². The second kappa shape index (κ2) is 12.4. The standard InChI is InChI=1S/C35H43N5O4S.ClH/c1-22(2)30-21-39(26-17-35(18-26)13-5-6-14-35)19-27-20-40(30)33(41)25-11-8-12-28(15-25)45(42,43)38-34-36-29(16-31(37-34)44-27)32-23(3)9-7-10-24(32)4;/h7-12,15-16,22,26-27,30H,5-6,13-14,17-21H2,1-4H3,(H,36,37,38);1H/t27-,30+;/m1./s1. The van der Waals surface area contributed by atoms with Crippen LogP contribution < -0.4 is 9.46 Å². The van der Waals surface area contributed by atoms with Crippen LogP contribution in [0.4, 0.5) is 5.95 Å². The van der Waals surface area contributed by atoms with Gasteiger partial charge in [0.15, 0.2) is 0 Å². The van der Waals surface area contributed by atoms with Gasteiger partial charge in [-0.1, -0.05) is 51.0 Å². The average molecular weight is 666 g/mol. The molecule has 2 atom stereocenters. The van der Waals surface area contributed by atoms with E-state index >= 15 is 0 Å². The molecule has 2 aromatic carbocycles. The number of sulfonamides is 1. The van der Waals surface area contributed by atoms with Gasteiger partial charge < -0.3 is 9.64 Å². The van der Waals surface area contributed by atoms with Crippen LogP contribution in [0.2, 0.25) is 0 Å². The summed E-state index contributed by atoms with van der Waals surface area (Å²) in [4.78, 5) is 28.0. The molecule has 0 unspecified atom stereocenters. The molecule has 7 rings (SSSR count). The van der Waals surface area contributed by atoms with Crippen LogP contribution in [0.25, 0.3) is 11.3 Å². The number of aromatic nitrogens is 2. The lowest BCUT2D eigenvalue weighted by Crippen LogP contribution is -2.54. The maximum atomic E-state index is 14.3. The average Bonchev–Trinajstić information content (AvgIpc) is 3.39. The van der Waals surface area contributed by atoms with Gasteiger partial charge in [0.25, 0.3) is 15.9 Å². The molecular weight excluding hydrogens is 622 g/mol. The molecule has 0 radical (unpaired) electrons. The van der Waals surface area contributed by atoms with Crippen molar-refractivity contribution in [2.45, 2.75) is 89.3 Å². The van der Waals surface area contributed by atoms with Gasteiger partial charge in [0.2, 0.25) is 11.8 Å². The van der Waals surface area contributed by atoms with Crippen molar-refractivity contribution in [3.63, 3.8) is 0 Å². The van der Waals surface area contributed by atoms with E-state index in [-0.39, 0.29) is 53.1 Å². The summed E-state index contributed by atoms with van der Waals surface area (Å²) >= 11 is 0. The first-order valence-corrected chi connectivity index (χ1v) is 17.8. The second-order valence-corrected chi connectivity index (χ2v) is 15.7. The van der Waals surface area contributed by atoms with Crippen molar-refractivity contribution in [3.8, 4) is 17.1 Å². The molecule has 2 saturated carbocycles. The Hall–Kier alpha value is -3.21. The Bertz CT molecular complexity index is 1710. The van der Waals surface area contributed by atoms with Crippen molar-refractivity contribution < 1.29 is 17.9 Å². The normalized spacial score (nSPS) is 24.0. The maximum Gasteiger partial charge on any atom is 0.264 e. The predicted octanol–water partition coefficient (Wildman–Crippen LogP) is 6.25. The van der Waals surface area contributed by atoms with Crippen LogP contribution in [0.5, 0.6) is 5.88 Å². The lowest BCUT2D eigenvalue weighted by atomic mass is 9.63. The molecule has 3 heterocycles. The highest BCUT2D eigenvalue weighted by atomic mass is 35.5. The highest BCUT2D eigenvalue weighted by molar-refractivity contribution is 7.92. The molecule has 4 aliphatic rings. The summed E-state index contributed by atoms with van der Waals surface area (Å²) in [6.45, 7) is 10.1. The molecule has 46 heavy (non-hydrogen) atoms. The third-order valence-electron chi connectivity index (χ3n) is 10.6. The third kappa shape index (κ3) is 6.11. The number of fused-ring (bicyclic) bond motifs is 6. The summed E-state index contributed by atoms with van der Waals surface area (Å²) in [5, 5.41) is 0. The monoisotopic (exact) mass is 665 g/mol. The molecule has 246 valence electrons. The van der Waals surface area contributed by atoms with Crippen LogP contribution in [-0.2, 0) is 10.0 Å². The van der Waals surface area contributed by atoms with E-state index in [4.69, 9.17) is 4.74 Å². The maximum absolute atomic E-state index is 14.3. The highest BCUT2D eigenvalue weighted by Crippen LogP contribution is 2.55. The van der Waals surface area contributed by atoms with Gasteiger partial charge in [-0.05, 0) is 80.2 Å². The SMILES string of the molecule is Cc1cccc(C)c1-c1cc2nc(n1)NS(=O)(=O)c1cccc(c1)C(=O)N1C[C@@H](CN(C3CC4(CCCC4)C3)C[C@H]1C(C)C)O2.Cl. The van der Waals surface area contributed by atoms with E-state index < -0.39 is 10.0 Å². The number of carbonyl (C=O) groups is 1. The van der Waals surface area contributed by atoms with Crippen LogP contribution in [0, 0.1) is 25.2 Å². The minimum atomic E-state index is -4.10. The topological polar surface area (TPSA) is 105 Å². The zero-order valence-electron chi connectivity index (χ0n) is 27.0. The van der Waals surface area contributed by atoms with E-state index in [9.17, 15) is 13.2 Å². The molecule has 1 amide bonds. The number of amides is 1. The number of hydrogen-bond donors (Lipinski definition) is 1. The lowest BCUT2D eigenvalue weighted by Gasteiger charge is -2.51. The molecule has 1 N–H and O–H groups in total. The molecule has 2 aliphatic heterocycles. The molecule has 2 aliphatic carbocycles. The van der Waals surface area contributed by atoms with Crippen molar-refractivity contribution >= 4 is 34.3 Å². The van der Waals surface area contributed by atoms with Crippen molar-refractivity contribution in [1.82, 2.24) is 19.8 Å². The molecule has 1 spiro atoms. The Morgan fingerprint density at radius 3 is 2.35 bits per heavy atom. The number of aryl methyl sites for hydroxylation is 2. The predicted molar refractivity (Wildman–Crippen MR) is 181 cm³/mol. The highest BCUT2D eigenvalue weighted by Gasteiger charge is 2.49. The Labute approximate surface area is 278 Å². The fraction of sp³-hybridized carbons (Fsp3) is 0.514. The Morgan fingerprint density at radius 2 is 1.65 bits per heavy atom. The minimum Gasteiger partial charge on any atom is -0.471 e. The number of ether oxygens (including phenoxy) is 1. The van der Waals surface area contributed by atoms with E-state index in [1.54, 1.807) is 18.2 Å². The molecule has 11 heteroatoms. The summed E-state index contributed by atoms with van der Waals surface area (Å²) in [7, 11) is -4.10. The van der Waals surface area contributed by atoms with Gasteiger partial charge in [-0.25, -0.2) is 18.1 Å². The summed E-state index contributed by atoms with van der Waals surface area (Å²) in [6, 6.07) is 14.5. The molecule has 3 fully saturated rings. The van der Waals surface area contributed by atoms with Crippen molar-refractivity contribution in [1.29, 1.82) is 0 Å². The van der Waals surface area contributed by atoms with Gasteiger partial charge in [0.1, 0.15) is 6.10 Å². The summed E-state index contributed by atoms with van der Waals surface area (Å²) in [6.07, 6.45) is 7.35. The van der Waals surface area contributed by atoms with Gasteiger partial charge >= 0.3 is 0 Å². The summed E-state index contributed by atoms with van der Waals surface area (Å²) in [5.41, 5.74) is 4.35. The molecule has 9 nitrogen and oxygen atoms in total. The molecule has 6 bridgehead atoms. The van der Waals surface area contributed by atoms with E-state index in [0.717, 1.165) is 23.2 Å². The summed E-state index contributed by atoms with van der Waals surface area (Å²) < 4.78 is 36.5. The van der Waals surface area contributed by atoms with Crippen molar-refractivity contribution in [2.75, 3.05) is 24.4 Å². The zero-order chi connectivity index (χ0) is 31.5. The minimum absolute atomic E-state index is 0. The number of rotatable bonds is 3. The quantitative estimate of drug-likeness (QED) is 0.353. The van der Waals surface area contributed by atoms with Gasteiger partial charge in [0, 0.05) is 42.4 Å². The number of carbonyl (C=O) groups excluding carboxylic acids is 1. The van der Waals surface area contributed by atoms with E-state index in [1.165, 1.54) is 50.7 Å². The first-order chi connectivity index (χ1) is 21.5. The van der Waals surface area contributed by atoms with Crippen LogP contribution in [0.3, 0.4) is 0 Å². The molecule has 1 saturated heterocycles. The molecular formula is C35H44ClN5O4S. The number of hydrogen-bond acceptors (Lipinski definition) is 7. The largest absolute Gasteiger partial charge is 0.471 e. The molecule has 1 aromatic heterocycles. The lowest BCUT2D eigenvalue weighted by molar-refractivity contribution is -0.0111. The molecule has 3 aromatic rings. The van der Waals surface area contributed by atoms with Gasteiger partial charge in [-0.3, -0.25) is 9.69 Å². The first-order valence-electron chi connectivity index (χ1n) is 16.3.